The minimum Gasteiger partial charge on any atom is -0.443 e. The van der Waals surface area contributed by atoms with Crippen molar-refractivity contribution in [2.45, 2.75) is 32.5 Å². The van der Waals surface area contributed by atoms with Crippen LogP contribution in [0, 0.1) is 0 Å². The Morgan fingerprint density at radius 3 is 2.29 bits per heavy atom. The van der Waals surface area contributed by atoms with Crippen LogP contribution in [0.3, 0.4) is 0 Å². The summed E-state index contributed by atoms with van der Waals surface area (Å²) in [7, 11) is -2.30. The molecule has 1 aliphatic heterocycles. The van der Waals surface area contributed by atoms with Crippen molar-refractivity contribution in [1.82, 2.24) is 9.03 Å². The van der Waals surface area contributed by atoms with Crippen molar-refractivity contribution in [3.05, 3.63) is 0 Å². The lowest BCUT2D eigenvalue weighted by atomic mass is 10.2. The zero-order valence-corrected chi connectivity index (χ0v) is 11.2. The van der Waals surface area contributed by atoms with Crippen molar-refractivity contribution in [2.75, 3.05) is 20.2 Å². The third-order valence-corrected chi connectivity index (χ3v) is 3.50. The molecule has 0 unspecified atom stereocenters. The molecule has 1 N–H and O–H groups in total. The van der Waals surface area contributed by atoms with E-state index in [1.165, 1.54) is 7.11 Å². The molecule has 100 valence electrons. The number of nitrogens with zero attached hydrogens (tertiary/aromatic N) is 1. The van der Waals surface area contributed by atoms with E-state index >= 15 is 0 Å². The number of hydrogen-bond acceptors (Lipinski definition) is 5. The fourth-order valence-corrected chi connectivity index (χ4v) is 2.32. The van der Waals surface area contributed by atoms with Crippen LogP contribution in [-0.2, 0) is 19.7 Å². The van der Waals surface area contributed by atoms with Crippen LogP contribution in [0.15, 0.2) is 0 Å². The van der Waals surface area contributed by atoms with E-state index in [4.69, 9.17) is 9.47 Å². The maximum Gasteiger partial charge on any atom is 0.422 e. The molecule has 1 amide bonds. The van der Waals surface area contributed by atoms with Gasteiger partial charge in [-0.15, -0.1) is 0 Å². The molecule has 0 spiro atoms. The van der Waals surface area contributed by atoms with Gasteiger partial charge in [-0.2, -0.15) is 12.7 Å². The molecule has 0 aromatic carbocycles. The molecule has 0 radical (unpaired) electrons. The molecule has 0 aliphatic carbocycles. The predicted molar refractivity (Wildman–Crippen MR) is 60.7 cm³/mol. The second-order valence-electron chi connectivity index (χ2n) is 4.78. The lowest BCUT2D eigenvalue weighted by Crippen LogP contribution is -2.58. The van der Waals surface area contributed by atoms with E-state index < -0.39 is 21.9 Å². The second-order valence-corrected chi connectivity index (χ2v) is 6.45. The van der Waals surface area contributed by atoms with E-state index in [0.29, 0.717) is 0 Å². The van der Waals surface area contributed by atoms with Gasteiger partial charge in [-0.05, 0) is 20.8 Å². The number of nitrogens with one attached hydrogen (secondary N) is 1. The molecule has 1 rings (SSSR count). The van der Waals surface area contributed by atoms with Gasteiger partial charge < -0.3 is 9.47 Å². The van der Waals surface area contributed by atoms with Gasteiger partial charge in [0.1, 0.15) is 5.60 Å². The van der Waals surface area contributed by atoms with E-state index in [-0.39, 0.29) is 19.2 Å². The van der Waals surface area contributed by atoms with Crippen molar-refractivity contribution in [3.8, 4) is 0 Å². The summed E-state index contributed by atoms with van der Waals surface area (Å²) in [5.41, 5.74) is -0.733. The first kappa shape index (κ1) is 14.2. The summed E-state index contributed by atoms with van der Waals surface area (Å²) in [6.07, 6.45) is -1.08. The smallest absolute Gasteiger partial charge is 0.422 e. The average molecular weight is 266 g/mol. The Morgan fingerprint density at radius 1 is 1.35 bits per heavy atom. The van der Waals surface area contributed by atoms with Crippen LogP contribution in [0.4, 0.5) is 4.79 Å². The molecule has 0 bridgehead atoms. The van der Waals surface area contributed by atoms with Crippen LogP contribution < -0.4 is 4.72 Å². The van der Waals surface area contributed by atoms with Gasteiger partial charge in [0, 0.05) is 20.2 Å². The number of carbonyl (C=O) groups is 1. The van der Waals surface area contributed by atoms with Crippen LogP contribution in [-0.4, -0.2) is 50.7 Å². The Kier molecular flexibility index (Phi) is 4.00. The van der Waals surface area contributed by atoms with Crippen LogP contribution in [0.2, 0.25) is 0 Å². The SMILES string of the molecule is COC1CN(S(=O)(=O)NC(=O)OC(C)(C)C)C1. The van der Waals surface area contributed by atoms with E-state index in [0.717, 1.165) is 4.31 Å². The van der Waals surface area contributed by atoms with Gasteiger partial charge in [0.05, 0.1) is 6.10 Å². The third kappa shape index (κ3) is 4.14. The number of methoxy groups -OCH3 is 1. The zero-order valence-electron chi connectivity index (χ0n) is 10.4. The topological polar surface area (TPSA) is 84.9 Å². The highest BCUT2D eigenvalue weighted by Gasteiger charge is 2.37. The molecule has 0 atom stereocenters. The fraction of sp³-hybridized carbons (Fsp3) is 0.889. The maximum atomic E-state index is 11.6. The molecule has 1 heterocycles. The van der Waals surface area contributed by atoms with Crippen LogP contribution in [0.25, 0.3) is 0 Å². The second kappa shape index (κ2) is 4.79. The summed E-state index contributed by atoms with van der Waals surface area (Å²) in [4.78, 5) is 11.3. The summed E-state index contributed by atoms with van der Waals surface area (Å²) < 4.78 is 36.0. The number of amides is 1. The van der Waals surface area contributed by atoms with Crippen molar-refractivity contribution in [2.24, 2.45) is 0 Å². The fourth-order valence-electron chi connectivity index (χ4n) is 1.21. The summed E-state index contributed by atoms with van der Waals surface area (Å²) in [6, 6.07) is 0. The Bertz CT molecular complexity index is 381. The quantitative estimate of drug-likeness (QED) is 0.782. The first-order chi connectivity index (χ1) is 7.64. The Labute approximate surface area is 101 Å². The first-order valence-electron chi connectivity index (χ1n) is 5.18. The standard InChI is InChI=1S/C9H18N2O5S/c1-9(2,3)16-8(12)10-17(13,14)11-5-7(6-11)15-4/h7H,5-6H2,1-4H3,(H,10,12). The van der Waals surface area contributed by atoms with Gasteiger partial charge in [-0.3, -0.25) is 0 Å². The highest BCUT2D eigenvalue weighted by molar-refractivity contribution is 7.87. The van der Waals surface area contributed by atoms with Gasteiger partial charge in [0.15, 0.2) is 0 Å². The van der Waals surface area contributed by atoms with Gasteiger partial charge in [0.2, 0.25) is 0 Å². The molecule has 7 nitrogen and oxygen atoms in total. The summed E-state index contributed by atoms with van der Waals surface area (Å²) in [6.45, 7) is 5.46. The van der Waals surface area contributed by atoms with Crippen molar-refractivity contribution >= 4 is 16.3 Å². The summed E-state index contributed by atoms with van der Waals surface area (Å²) in [5.74, 6) is 0. The van der Waals surface area contributed by atoms with Crippen LogP contribution in [0.1, 0.15) is 20.8 Å². The normalized spacial score (nSPS) is 18.6. The molecule has 1 saturated heterocycles. The van der Waals surface area contributed by atoms with E-state index in [9.17, 15) is 13.2 Å². The first-order valence-corrected chi connectivity index (χ1v) is 6.62. The van der Waals surface area contributed by atoms with Gasteiger partial charge in [0.25, 0.3) is 0 Å². The molecule has 0 saturated carbocycles. The molecule has 8 heteroatoms. The molecule has 1 aliphatic rings. The molecule has 1 fully saturated rings. The van der Waals surface area contributed by atoms with E-state index in [1.54, 1.807) is 20.8 Å². The monoisotopic (exact) mass is 266 g/mol. The maximum absolute atomic E-state index is 11.6. The summed E-state index contributed by atoms with van der Waals surface area (Å²) >= 11 is 0. The zero-order chi connectivity index (χ0) is 13.3. The Morgan fingerprint density at radius 2 is 1.88 bits per heavy atom. The number of carbonyl (C=O) groups excluding carboxylic acids is 1. The third-order valence-electron chi connectivity index (χ3n) is 2.10. The van der Waals surface area contributed by atoms with Gasteiger partial charge in [-0.25, -0.2) is 9.52 Å². The molecule has 0 aromatic rings. The molecular formula is C9H18N2O5S. The average Bonchev–Trinajstić information content (AvgIpc) is 1.94. The predicted octanol–water partition coefficient (Wildman–Crippen LogP) is 0.0865. The number of ether oxygens (including phenoxy) is 2. The highest BCUT2D eigenvalue weighted by atomic mass is 32.2. The van der Waals surface area contributed by atoms with Gasteiger partial charge >= 0.3 is 16.3 Å². The molecule has 0 aromatic heterocycles. The largest absolute Gasteiger partial charge is 0.443 e. The van der Waals surface area contributed by atoms with Crippen LogP contribution >= 0.6 is 0 Å². The minimum absolute atomic E-state index is 0.106. The molecule has 17 heavy (non-hydrogen) atoms. The Hall–Kier alpha value is -0.860. The number of rotatable bonds is 3. The number of hydrogen-bond donors (Lipinski definition) is 1. The van der Waals surface area contributed by atoms with E-state index in [1.807, 2.05) is 4.72 Å². The highest BCUT2D eigenvalue weighted by Crippen LogP contribution is 2.15. The lowest BCUT2D eigenvalue weighted by Gasteiger charge is -2.36. The Balaban J connectivity index is 2.48. The van der Waals surface area contributed by atoms with Gasteiger partial charge in [-0.1, -0.05) is 0 Å². The van der Waals surface area contributed by atoms with Crippen LogP contribution in [0.5, 0.6) is 0 Å². The lowest BCUT2D eigenvalue weighted by molar-refractivity contribution is 0.0112. The minimum atomic E-state index is -3.81. The van der Waals surface area contributed by atoms with Crippen molar-refractivity contribution < 1.29 is 22.7 Å². The van der Waals surface area contributed by atoms with Crippen molar-refractivity contribution in [1.29, 1.82) is 0 Å². The van der Waals surface area contributed by atoms with Crippen molar-refractivity contribution in [3.63, 3.8) is 0 Å². The van der Waals surface area contributed by atoms with E-state index in [2.05, 4.69) is 0 Å². The summed E-state index contributed by atoms with van der Waals surface area (Å²) in [5, 5.41) is 0. The molecular weight excluding hydrogens is 248 g/mol.